The van der Waals surface area contributed by atoms with Gasteiger partial charge in [0.25, 0.3) is 0 Å². The number of hydrogen-bond acceptors (Lipinski definition) is 4. The van der Waals surface area contributed by atoms with E-state index in [0.717, 1.165) is 10.0 Å². The lowest BCUT2D eigenvalue weighted by Gasteiger charge is -2.05. The zero-order valence-corrected chi connectivity index (χ0v) is 14.4. The van der Waals surface area contributed by atoms with Gasteiger partial charge in [-0.2, -0.15) is 0 Å². The van der Waals surface area contributed by atoms with Crippen LogP contribution in [-0.4, -0.2) is 19.0 Å². The van der Waals surface area contributed by atoms with E-state index in [1.165, 1.54) is 0 Å². The molecule has 116 valence electrons. The molecule has 0 amide bonds. The third kappa shape index (κ3) is 3.46. The van der Waals surface area contributed by atoms with Crippen LogP contribution in [0.5, 0.6) is 5.75 Å². The first-order chi connectivity index (χ1) is 11.1. The molecule has 0 aliphatic carbocycles. The SMILES string of the molecule is COc1ccc(C2=N/C(=C\c3cccc(Cl)c3)C(=O)O2)c(Br)c1. The van der Waals surface area contributed by atoms with Gasteiger partial charge in [-0.1, -0.05) is 23.7 Å². The van der Waals surface area contributed by atoms with Gasteiger partial charge in [0.05, 0.1) is 12.7 Å². The Labute approximate surface area is 146 Å². The molecule has 1 heterocycles. The van der Waals surface area contributed by atoms with Crippen molar-refractivity contribution in [2.24, 2.45) is 4.99 Å². The number of benzene rings is 2. The van der Waals surface area contributed by atoms with Gasteiger partial charge in [0, 0.05) is 9.50 Å². The van der Waals surface area contributed by atoms with Gasteiger partial charge in [0.1, 0.15) is 5.75 Å². The van der Waals surface area contributed by atoms with E-state index in [0.29, 0.717) is 16.3 Å². The molecule has 1 aliphatic rings. The second-order valence-corrected chi connectivity index (χ2v) is 6.03. The molecule has 2 aromatic carbocycles. The standard InChI is InChI=1S/C17H11BrClNO3/c1-22-12-5-6-13(14(18)9-12)16-20-15(17(21)23-16)8-10-3-2-4-11(19)7-10/h2-9H,1H3/b15-8-. The summed E-state index contributed by atoms with van der Waals surface area (Å²) in [4.78, 5) is 16.3. The fourth-order valence-corrected chi connectivity index (χ4v) is 2.80. The first-order valence-electron chi connectivity index (χ1n) is 6.69. The van der Waals surface area contributed by atoms with Crippen molar-refractivity contribution in [2.45, 2.75) is 0 Å². The summed E-state index contributed by atoms with van der Waals surface area (Å²) in [5, 5.41) is 0.591. The summed E-state index contributed by atoms with van der Waals surface area (Å²) >= 11 is 9.37. The van der Waals surface area contributed by atoms with Crippen molar-refractivity contribution in [2.75, 3.05) is 7.11 Å². The number of aliphatic imine (C=N–C) groups is 1. The van der Waals surface area contributed by atoms with Gasteiger partial charge in [-0.25, -0.2) is 9.79 Å². The average molecular weight is 393 g/mol. The van der Waals surface area contributed by atoms with Crippen LogP contribution in [0.15, 0.2) is 57.6 Å². The van der Waals surface area contributed by atoms with E-state index in [1.54, 1.807) is 49.6 Å². The van der Waals surface area contributed by atoms with Gasteiger partial charge < -0.3 is 9.47 Å². The van der Waals surface area contributed by atoms with Crippen molar-refractivity contribution in [3.05, 3.63) is 68.8 Å². The highest BCUT2D eigenvalue weighted by Crippen LogP contribution is 2.27. The van der Waals surface area contributed by atoms with Crippen molar-refractivity contribution in [1.82, 2.24) is 0 Å². The summed E-state index contributed by atoms with van der Waals surface area (Å²) in [6.45, 7) is 0. The maximum atomic E-state index is 12.0. The van der Waals surface area contributed by atoms with E-state index in [9.17, 15) is 4.79 Å². The van der Waals surface area contributed by atoms with Crippen LogP contribution in [0.4, 0.5) is 0 Å². The van der Waals surface area contributed by atoms with Gasteiger partial charge >= 0.3 is 5.97 Å². The molecule has 0 aromatic heterocycles. The molecule has 0 radical (unpaired) electrons. The smallest absolute Gasteiger partial charge is 0.363 e. The van der Waals surface area contributed by atoms with Crippen molar-refractivity contribution >= 4 is 45.5 Å². The predicted octanol–water partition coefficient (Wildman–Crippen LogP) is 4.46. The van der Waals surface area contributed by atoms with Crippen LogP contribution in [0, 0.1) is 0 Å². The molecular formula is C17H11BrClNO3. The molecule has 0 fully saturated rings. The van der Waals surface area contributed by atoms with Crippen LogP contribution in [0.3, 0.4) is 0 Å². The lowest BCUT2D eigenvalue weighted by Crippen LogP contribution is -2.06. The molecule has 0 N–H and O–H groups in total. The van der Waals surface area contributed by atoms with Crippen molar-refractivity contribution in [1.29, 1.82) is 0 Å². The fraction of sp³-hybridized carbons (Fsp3) is 0.0588. The molecular weight excluding hydrogens is 382 g/mol. The number of methoxy groups -OCH3 is 1. The number of halogens is 2. The minimum atomic E-state index is -0.498. The number of ether oxygens (including phenoxy) is 2. The Morgan fingerprint density at radius 3 is 2.78 bits per heavy atom. The Kier molecular flexibility index (Phi) is 4.50. The Bertz CT molecular complexity index is 845. The summed E-state index contributed by atoms with van der Waals surface area (Å²) in [5.74, 6) is 0.445. The number of hydrogen-bond donors (Lipinski definition) is 0. The molecule has 23 heavy (non-hydrogen) atoms. The van der Waals surface area contributed by atoms with Crippen molar-refractivity contribution in [3.8, 4) is 5.75 Å². The number of nitrogens with zero attached hydrogens (tertiary/aromatic N) is 1. The van der Waals surface area contributed by atoms with E-state index < -0.39 is 5.97 Å². The van der Waals surface area contributed by atoms with Gasteiger partial charge in [0.15, 0.2) is 5.70 Å². The molecule has 0 bridgehead atoms. The number of rotatable bonds is 3. The van der Waals surface area contributed by atoms with E-state index in [1.807, 2.05) is 6.07 Å². The zero-order chi connectivity index (χ0) is 16.4. The highest BCUT2D eigenvalue weighted by atomic mass is 79.9. The van der Waals surface area contributed by atoms with Gasteiger partial charge in [0.2, 0.25) is 5.90 Å². The Morgan fingerprint density at radius 1 is 1.26 bits per heavy atom. The Morgan fingerprint density at radius 2 is 2.09 bits per heavy atom. The molecule has 0 unspecified atom stereocenters. The molecule has 0 saturated carbocycles. The van der Waals surface area contributed by atoms with E-state index >= 15 is 0 Å². The van der Waals surface area contributed by atoms with E-state index in [2.05, 4.69) is 20.9 Å². The molecule has 2 aromatic rings. The molecule has 1 aliphatic heterocycles. The summed E-state index contributed by atoms with van der Waals surface area (Å²) in [6, 6.07) is 12.5. The van der Waals surface area contributed by atoms with Crippen LogP contribution in [0.2, 0.25) is 5.02 Å². The molecule has 3 rings (SSSR count). The maximum Gasteiger partial charge on any atom is 0.363 e. The summed E-state index contributed by atoms with van der Waals surface area (Å²) < 4.78 is 11.1. The normalized spacial score (nSPS) is 15.5. The lowest BCUT2D eigenvalue weighted by atomic mass is 10.2. The van der Waals surface area contributed by atoms with E-state index in [4.69, 9.17) is 21.1 Å². The maximum absolute atomic E-state index is 12.0. The molecule has 0 spiro atoms. The van der Waals surface area contributed by atoms with Crippen LogP contribution < -0.4 is 4.74 Å². The predicted molar refractivity (Wildman–Crippen MR) is 92.8 cm³/mol. The van der Waals surface area contributed by atoms with Gasteiger partial charge in [-0.15, -0.1) is 0 Å². The van der Waals surface area contributed by atoms with Gasteiger partial charge in [-0.05, 0) is 57.9 Å². The molecule has 0 saturated heterocycles. The van der Waals surface area contributed by atoms with Crippen molar-refractivity contribution in [3.63, 3.8) is 0 Å². The molecule has 6 heteroatoms. The second kappa shape index (κ2) is 6.56. The van der Waals surface area contributed by atoms with Gasteiger partial charge in [-0.3, -0.25) is 0 Å². The Hall–Kier alpha value is -2.11. The molecule has 4 nitrogen and oxygen atoms in total. The number of carbonyl (C=O) groups excluding carboxylic acids is 1. The first-order valence-corrected chi connectivity index (χ1v) is 7.86. The topological polar surface area (TPSA) is 47.9 Å². The van der Waals surface area contributed by atoms with Crippen LogP contribution in [-0.2, 0) is 9.53 Å². The highest BCUT2D eigenvalue weighted by Gasteiger charge is 2.25. The first kappa shape index (κ1) is 15.8. The fourth-order valence-electron chi connectivity index (χ4n) is 2.07. The van der Waals surface area contributed by atoms with Crippen molar-refractivity contribution < 1.29 is 14.3 Å². The minimum Gasteiger partial charge on any atom is -0.497 e. The lowest BCUT2D eigenvalue weighted by molar-refractivity contribution is -0.129. The largest absolute Gasteiger partial charge is 0.497 e. The van der Waals surface area contributed by atoms with Crippen LogP contribution >= 0.6 is 27.5 Å². The quantitative estimate of drug-likeness (QED) is 0.572. The van der Waals surface area contributed by atoms with E-state index in [-0.39, 0.29) is 11.6 Å². The van der Waals surface area contributed by atoms with Crippen LogP contribution in [0.25, 0.3) is 6.08 Å². The zero-order valence-electron chi connectivity index (χ0n) is 12.0. The molecule has 0 atom stereocenters. The number of cyclic esters (lactones) is 1. The minimum absolute atomic E-state index is 0.227. The summed E-state index contributed by atoms with van der Waals surface area (Å²) in [6.07, 6.45) is 1.64. The third-order valence-corrected chi connectivity index (χ3v) is 4.07. The summed E-state index contributed by atoms with van der Waals surface area (Å²) in [5.41, 5.74) is 1.68. The highest BCUT2D eigenvalue weighted by molar-refractivity contribution is 9.10. The monoisotopic (exact) mass is 391 g/mol. The number of carbonyl (C=O) groups is 1. The number of esters is 1. The average Bonchev–Trinajstić information content (AvgIpc) is 2.88. The third-order valence-electron chi connectivity index (χ3n) is 3.18. The Balaban J connectivity index is 1.95. The van der Waals surface area contributed by atoms with Crippen LogP contribution in [0.1, 0.15) is 11.1 Å². The second-order valence-electron chi connectivity index (χ2n) is 4.74. The summed E-state index contributed by atoms with van der Waals surface area (Å²) in [7, 11) is 1.58.